The number of carbonyl (C=O) groups excluding carboxylic acids is 2. The highest BCUT2D eigenvalue weighted by Crippen LogP contribution is 2.55. The molecule has 0 radical (unpaired) electrons. The molecule has 0 aromatic rings. The maximum Gasteiger partial charge on any atom is 0.323 e. The number of carbonyl (C=O) groups is 2. The fourth-order valence-corrected chi connectivity index (χ4v) is 2.86. The minimum absolute atomic E-state index is 0.0750. The van der Waals surface area contributed by atoms with Gasteiger partial charge in [0.1, 0.15) is 11.3 Å². The summed E-state index contributed by atoms with van der Waals surface area (Å²) in [6.07, 6.45) is 1.59. The SMILES string of the molecule is C[C@@]12C(=O)OC(=O)[C@H]1[C@H]1CC[C@H]2O1. The quantitative estimate of drug-likeness (QED) is 0.398. The van der Waals surface area contributed by atoms with E-state index in [0.717, 1.165) is 12.8 Å². The molecule has 13 heavy (non-hydrogen) atoms. The number of esters is 2. The number of fused-ring (bicyclic) bond motifs is 5. The second-order valence-electron chi connectivity index (χ2n) is 4.21. The predicted octanol–water partition coefficient (Wildman–Crippen LogP) is 0.253. The highest BCUT2D eigenvalue weighted by Gasteiger charge is 2.69. The Morgan fingerprint density at radius 2 is 2.15 bits per heavy atom. The molecule has 2 bridgehead atoms. The van der Waals surface area contributed by atoms with Crippen LogP contribution in [0.1, 0.15) is 19.8 Å². The van der Waals surface area contributed by atoms with Gasteiger partial charge in [-0.3, -0.25) is 9.59 Å². The van der Waals surface area contributed by atoms with Crippen LogP contribution >= 0.6 is 0 Å². The van der Waals surface area contributed by atoms with E-state index in [9.17, 15) is 9.59 Å². The Bertz CT molecular complexity index is 311. The summed E-state index contributed by atoms with van der Waals surface area (Å²) in [5.74, 6) is -1.12. The van der Waals surface area contributed by atoms with Gasteiger partial charge in [0, 0.05) is 0 Å². The van der Waals surface area contributed by atoms with Gasteiger partial charge in [-0.05, 0) is 19.8 Å². The smallest absolute Gasteiger partial charge is 0.323 e. The van der Waals surface area contributed by atoms with E-state index in [-0.39, 0.29) is 24.1 Å². The van der Waals surface area contributed by atoms with Crippen LogP contribution in [0.2, 0.25) is 0 Å². The van der Waals surface area contributed by atoms with Gasteiger partial charge in [-0.25, -0.2) is 0 Å². The molecule has 4 heteroatoms. The summed E-state index contributed by atoms with van der Waals surface area (Å²) in [4.78, 5) is 22.8. The molecule has 0 saturated carbocycles. The molecule has 0 aromatic heterocycles. The van der Waals surface area contributed by atoms with Crippen molar-refractivity contribution in [1.82, 2.24) is 0 Å². The molecule has 70 valence electrons. The first-order valence-corrected chi connectivity index (χ1v) is 4.55. The van der Waals surface area contributed by atoms with E-state index in [1.807, 2.05) is 0 Å². The van der Waals surface area contributed by atoms with Crippen molar-refractivity contribution in [3.63, 3.8) is 0 Å². The minimum atomic E-state index is -0.681. The van der Waals surface area contributed by atoms with Crippen molar-refractivity contribution in [2.75, 3.05) is 0 Å². The lowest BCUT2D eigenvalue weighted by Crippen LogP contribution is -2.40. The second kappa shape index (κ2) is 1.95. The van der Waals surface area contributed by atoms with Crippen LogP contribution in [0.5, 0.6) is 0 Å². The van der Waals surface area contributed by atoms with Crippen LogP contribution in [0.15, 0.2) is 0 Å². The number of hydrogen-bond donors (Lipinski definition) is 0. The zero-order valence-electron chi connectivity index (χ0n) is 7.28. The van der Waals surface area contributed by atoms with Gasteiger partial charge in [-0.2, -0.15) is 0 Å². The van der Waals surface area contributed by atoms with Crippen LogP contribution in [0.25, 0.3) is 0 Å². The lowest BCUT2D eigenvalue weighted by molar-refractivity contribution is -0.158. The molecular formula is C9H10O4. The maximum atomic E-state index is 11.5. The van der Waals surface area contributed by atoms with Crippen molar-refractivity contribution in [3.05, 3.63) is 0 Å². The highest BCUT2D eigenvalue weighted by molar-refractivity contribution is 6.00. The molecule has 3 fully saturated rings. The van der Waals surface area contributed by atoms with E-state index in [0.29, 0.717) is 0 Å². The molecule has 0 unspecified atom stereocenters. The minimum Gasteiger partial charge on any atom is -0.392 e. The molecule has 0 N–H and O–H groups in total. The van der Waals surface area contributed by atoms with Crippen molar-refractivity contribution < 1.29 is 19.1 Å². The van der Waals surface area contributed by atoms with Gasteiger partial charge in [0.2, 0.25) is 0 Å². The molecule has 0 aliphatic carbocycles. The fourth-order valence-electron chi connectivity index (χ4n) is 2.86. The van der Waals surface area contributed by atoms with Crippen molar-refractivity contribution in [2.45, 2.75) is 32.0 Å². The lowest BCUT2D eigenvalue weighted by Gasteiger charge is -2.25. The summed E-state index contributed by atoms with van der Waals surface area (Å²) < 4.78 is 10.2. The Hall–Kier alpha value is -0.900. The first-order valence-electron chi connectivity index (χ1n) is 4.55. The number of cyclic esters (lactones) is 2. The molecule has 3 saturated heterocycles. The normalized spacial score (nSPS) is 52.5. The first kappa shape index (κ1) is 7.50. The maximum absolute atomic E-state index is 11.5. The third kappa shape index (κ3) is 0.633. The van der Waals surface area contributed by atoms with Crippen LogP contribution in [0, 0.1) is 11.3 Å². The van der Waals surface area contributed by atoms with Crippen LogP contribution in [-0.2, 0) is 19.1 Å². The van der Waals surface area contributed by atoms with Gasteiger partial charge in [0.25, 0.3) is 0 Å². The molecule has 4 nitrogen and oxygen atoms in total. The van der Waals surface area contributed by atoms with Crippen molar-refractivity contribution in [2.24, 2.45) is 11.3 Å². The van der Waals surface area contributed by atoms with E-state index in [1.54, 1.807) is 6.92 Å². The van der Waals surface area contributed by atoms with E-state index < -0.39 is 11.4 Å². The number of rotatable bonds is 0. The lowest BCUT2D eigenvalue weighted by atomic mass is 9.69. The zero-order valence-corrected chi connectivity index (χ0v) is 7.28. The van der Waals surface area contributed by atoms with Gasteiger partial charge < -0.3 is 9.47 Å². The Morgan fingerprint density at radius 1 is 1.38 bits per heavy atom. The van der Waals surface area contributed by atoms with E-state index in [2.05, 4.69) is 4.74 Å². The molecule has 4 atom stereocenters. The number of hydrogen-bond acceptors (Lipinski definition) is 4. The van der Waals surface area contributed by atoms with Gasteiger partial charge in [-0.15, -0.1) is 0 Å². The van der Waals surface area contributed by atoms with Gasteiger partial charge in [0.05, 0.1) is 12.2 Å². The fraction of sp³-hybridized carbons (Fsp3) is 0.778. The average molecular weight is 182 g/mol. The zero-order chi connectivity index (χ0) is 9.22. The molecule has 3 rings (SSSR count). The van der Waals surface area contributed by atoms with Crippen molar-refractivity contribution >= 4 is 11.9 Å². The topological polar surface area (TPSA) is 52.6 Å². The molecular weight excluding hydrogens is 172 g/mol. The Balaban J connectivity index is 2.12. The van der Waals surface area contributed by atoms with Crippen molar-refractivity contribution in [3.8, 4) is 0 Å². The monoisotopic (exact) mass is 182 g/mol. The largest absolute Gasteiger partial charge is 0.392 e. The standard InChI is InChI=1S/C9H10O4/c1-9-5-3-2-4(12-5)6(9)7(10)13-8(9)11/h4-6H,2-3H2,1H3/t4-,5-,6-,9+/m1/s1. The van der Waals surface area contributed by atoms with Crippen molar-refractivity contribution in [1.29, 1.82) is 0 Å². The second-order valence-corrected chi connectivity index (χ2v) is 4.21. The van der Waals surface area contributed by atoms with Gasteiger partial charge in [0.15, 0.2) is 0 Å². The van der Waals surface area contributed by atoms with Crippen LogP contribution in [0.3, 0.4) is 0 Å². The molecule has 0 spiro atoms. The van der Waals surface area contributed by atoms with E-state index in [1.165, 1.54) is 0 Å². The van der Waals surface area contributed by atoms with Gasteiger partial charge >= 0.3 is 11.9 Å². The van der Waals surface area contributed by atoms with Crippen LogP contribution in [-0.4, -0.2) is 24.1 Å². The highest BCUT2D eigenvalue weighted by atomic mass is 16.6. The molecule has 0 amide bonds. The first-order chi connectivity index (χ1) is 6.14. The Morgan fingerprint density at radius 3 is 2.85 bits per heavy atom. The van der Waals surface area contributed by atoms with E-state index >= 15 is 0 Å². The number of ether oxygens (including phenoxy) is 2. The average Bonchev–Trinajstić information content (AvgIpc) is 2.66. The third-order valence-corrected chi connectivity index (χ3v) is 3.63. The summed E-state index contributed by atoms with van der Waals surface area (Å²) in [5.41, 5.74) is -0.681. The Labute approximate surface area is 75.2 Å². The predicted molar refractivity (Wildman–Crippen MR) is 40.6 cm³/mol. The summed E-state index contributed by atoms with van der Waals surface area (Å²) in [5, 5.41) is 0. The van der Waals surface area contributed by atoms with Gasteiger partial charge in [-0.1, -0.05) is 0 Å². The molecule has 3 aliphatic heterocycles. The third-order valence-electron chi connectivity index (χ3n) is 3.63. The summed E-state index contributed by atoms with van der Waals surface area (Å²) in [7, 11) is 0. The molecule has 3 aliphatic rings. The summed E-state index contributed by atoms with van der Waals surface area (Å²) in [6, 6.07) is 0. The van der Waals surface area contributed by atoms with E-state index in [4.69, 9.17) is 4.74 Å². The molecule has 3 heterocycles. The summed E-state index contributed by atoms with van der Waals surface area (Å²) >= 11 is 0. The van der Waals surface area contributed by atoms with Crippen LogP contribution < -0.4 is 0 Å². The van der Waals surface area contributed by atoms with Crippen LogP contribution in [0.4, 0.5) is 0 Å². The Kier molecular flexibility index (Phi) is 1.12. The molecule has 0 aromatic carbocycles. The summed E-state index contributed by atoms with van der Waals surface area (Å²) in [6.45, 7) is 1.79.